The molecular weight excluding hydrogens is 418 g/mol. The van der Waals surface area contributed by atoms with E-state index in [-0.39, 0.29) is 11.9 Å². The monoisotopic (exact) mass is 431 g/mol. The average Bonchev–Trinajstić information content (AvgIpc) is 3.25. The number of carbonyl (C=O) groups excluding carboxylic acids is 1. The molecule has 0 saturated carbocycles. The summed E-state index contributed by atoms with van der Waals surface area (Å²) in [6.07, 6.45) is 1.16. The van der Waals surface area contributed by atoms with Gasteiger partial charge >= 0.3 is 0 Å². The quantitative estimate of drug-likeness (QED) is 0.581. The van der Waals surface area contributed by atoms with Crippen LogP contribution in [0.15, 0.2) is 57.5 Å². The molecule has 0 spiro atoms. The van der Waals surface area contributed by atoms with Crippen molar-refractivity contribution in [2.75, 3.05) is 0 Å². The first-order chi connectivity index (χ1) is 12.6. The summed E-state index contributed by atoms with van der Waals surface area (Å²) < 4.78 is 6.48. The topological polar surface area (TPSA) is 59.2 Å². The molecule has 0 aliphatic carbocycles. The summed E-state index contributed by atoms with van der Waals surface area (Å²) in [5.41, 5.74) is 1.85. The molecule has 1 aromatic heterocycles. The molecule has 1 aliphatic rings. The second-order valence-electron chi connectivity index (χ2n) is 6.17. The smallest absolute Gasteiger partial charge is 0.249 e. The van der Waals surface area contributed by atoms with Crippen molar-refractivity contribution in [2.45, 2.75) is 25.4 Å². The number of nitrogens with zero attached hydrogens (tertiary/aromatic N) is 3. The molecule has 0 N–H and O–H groups in total. The Morgan fingerprint density at radius 3 is 2.81 bits per heavy atom. The molecule has 4 rings (SSSR count). The van der Waals surface area contributed by atoms with Crippen LogP contribution in [0.4, 0.5) is 0 Å². The van der Waals surface area contributed by atoms with E-state index in [9.17, 15) is 4.79 Å². The minimum absolute atomic E-state index is 0.0976. The normalized spacial score (nSPS) is 17.1. The van der Waals surface area contributed by atoms with Crippen molar-refractivity contribution in [1.82, 2.24) is 15.0 Å². The van der Waals surface area contributed by atoms with Gasteiger partial charge in [0.15, 0.2) is 0 Å². The SMILES string of the molecule is O=C1CCC(c2nc(-c3cccc(Cl)c3)no2)N1Cc1ccc(Br)cc1. The molecule has 2 heterocycles. The Morgan fingerprint density at radius 2 is 2.04 bits per heavy atom. The minimum atomic E-state index is -0.202. The Balaban J connectivity index is 1.58. The van der Waals surface area contributed by atoms with Gasteiger partial charge in [-0.1, -0.05) is 57.0 Å². The highest BCUT2D eigenvalue weighted by molar-refractivity contribution is 9.10. The predicted molar refractivity (Wildman–Crippen MR) is 101 cm³/mol. The number of hydrogen-bond acceptors (Lipinski definition) is 4. The third-order valence-electron chi connectivity index (χ3n) is 4.40. The Kier molecular flexibility index (Phi) is 4.78. The molecule has 1 amide bonds. The van der Waals surface area contributed by atoms with E-state index in [1.54, 1.807) is 17.0 Å². The summed E-state index contributed by atoms with van der Waals surface area (Å²) in [6, 6.07) is 15.0. The number of benzene rings is 2. The Morgan fingerprint density at radius 1 is 1.23 bits per heavy atom. The summed E-state index contributed by atoms with van der Waals surface area (Å²) in [4.78, 5) is 18.7. The molecule has 0 bridgehead atoms. The van der Waals surface area contributed by atoms with E-state index >= 15 is 0 Å². The first-order valence-corrected chi connectivity index (χ1v) is 9.41. The van der Waals surface area contributed by atoms with Crippen LogP contribution in [-0.4, -0.2) is 20.9 Å². The largest absolute Gasteiger partial charge is 0.337 e. The average molecular weight is 433 g/mol. The van der Waals surface area contributed by atoms with Crippen LogP contribution >= 0.6 is 27.5 Å². The van der Waals surface area contributed by atoms with Crippen LogP contribution in [0.25, 0.3) is 11.4 Å². The maximum atomic E-state index is 12.4. The van der Waals surface area contributed by atoms with Crippen molar-refractivity contribution in [1.29, 1.82) is 0 Å². The maximum Gasteiger partial charge on any atom is 0.249 e. The van der Waals surface area contributed by atoms with Crippen LogP contribution in [0, 0.1) is 0 Å². The zero-order valence-electron chi connectivity index (χ0n) is 13.7. The van der Waals surface area contributed by atoms with Gasteiger partial charge in [0, 0.05) is 28.0 Å². The van der Waals surface area contributed by atoms with Crippen molar-refractivity contribution < 1.29 is 9.32 Å². The third-order valence-corrected chi connectivity index (χ3v) is 5.17. The molecule has 2 aromatic carbocycles. The fraction of sp³-hybridized carbons (Fsp3) is 0.211. The number of rotatable bonds is 4. The van der Waals surface area contributed by atoms with Gasteiger partial charge in [0.25, 0.3) is 0 Å². The molecule has 1 atom stereocenters. The maximum absolute atomic E-state index is 12.4. The summed E-state index contributed by atoms with van der Waals surface area (Å²) in [5, 5.41) is 4.67. The first-order valence-electron chi connectivity index (χ1n) is 8.23. The second kappa shape index (κ2) is 7.21. The van der Waals surface area contributed by atoms with E-state index in [1.807, 2.05) is 36.4 Å². The molecule has 5 nitrogen and oxygen atoms in total. The van der Waals surface area contributed by atoms with Crippen LogP contribution in [0.3, 0.4) is 0 Å². The number of hydrogen-bond donors (Lipinski definition) is 0. The Bertz CT molecular complexity index is 942. The molecule has 7 heteroatoms. The predicted octanol–water partition coefficient (Wildman–Crippen LogP) is 5.02. The lowest BCUT2D eigenvalue weighted by Crippen LogP contribution is -2.27. The van der Waals surface area contributed by atoms with Crippen molar-refractivity contribution >= 4 is 33.4 Å². The first kappa shape index (κ1) is 17.2. The Hall–Kier alpha value is -2.18. The number of carbonyl (C=O) groups is 1. The van der Waals surface area contributed by atoms with Gasteiger partial charge in [-0.05, 0) is 36.2 Å². The van der Waals surface area contributed by atoms with E-state index < -0.39 is 0 Å². The van der Waals surface area contributed by atoms with Crippen LogP contribution in [-0.2, 0) is 11.3 Å². The Labute approximate surface area is 164 Å². The molecule has 0 radical (unpaired) electrons. The van der Waals surface area contributed by atoms with Crippen molar-refractivity contribution in [3.8, 4) is 11.4 Å². The van der Waals surface area contributed by atoms with Gasteiger partial charge in [0.05, 0.1) is 0 Å². The molecule has 1 unspecified atom stereocenters. The minimum Gasteiger partial charge on any atom is -0.337 e. The summed E-state index contributed by atoms with van der Waals surface area (Å²) in [7, 11) is 0. The lowest BCUT2D eigenvalue weighted by atomic mass is 10.2. The zero-order chi connectivity index (χ0) is 18.1. The lowest BCUT2D eigenvalue weighted by Gasteiger charge is -2.22. The number of amides is 1. The fourth-order valence-electron chi connectivity index (χ4n) is 3.09. The summed E-state index contributed by atoms with van der Waals surface area (Å²) >= 11 is 9.46. The third kappa shape index (κ3) is 3.52. The van der Waals surface area contributed by atoms with Crippen molar-refractivity contribution in [2.24, 2.45) is 0 Å². The molecule has 1 saturated heterocycles. The van der Waals surface area contributed by atoms with Crippen molar-refractivity contribution in [3.63, 3.8) is 0 Å². The fourth-order valence-corrected chi connectivity index (χ4v) is 3.55. The van der Waals surface area contributed by atoms with Gasteiger partial charge in [0.2, 0.25) is 17.6 Å². The van der Waals surface area contributed by atoms with Gasteiger partial charge in [-0.25, -0.2) is 0 Å². The highest BCUT2D eigenvalue weighted by atomic mass is 79.9. The van der Waals surface area contributed by atoms with Gasteiger partial charge in [-0.15, -0.1) is 0 Å². The van der Waals surface area contributed by atoms with Crippen LogP contribution < -0.4 is 0 Å². The second-order valence-corrected chi connectivity index (χ2v) is 7.52. The van der Waals surface area contributed by atoms with E-state index in [0.29, 0.717) is 36.1 Å². The van der Waals surface area contributed by atoms with Gasteiger partial charge in [-0.3, -0.25) is 4.79 Å². The van der Waals surface area contributed by atoms with Crippen LogP contribution in [0.2, 0.25) is 5.02 Å². The van der Waals surface area contributed by atoms with Crippen LogP contribution in [0.5, 0.6) is 0 Å². The van der Waals surface area contributed by atoms with Gasteiger partial charge in [0.1, 0.15) is 6.04 Å². The molecular formula is C19H15BrClN3O2. The van der Waals surface area contributed by atoms with Crippen molar-refractivity contribution in [3.05, 3.63) is 69.5 Å². The molecule has 1 fully saturated rings. The highest BCUT2D eigenvalue weighted by Crippen LogP contribution is 2.34. The van der Waals surface area contributed by atoms with Gasteiger partial charge in [-0.2, -0.15) is 4.98 Å². The van der Waals surface area contributed by atoms with Crippen LogP contribution in [0.1, 0.15) is 30.3 Å². The molecule has 132 valence electrons. The number of likely N-dealkylation sites (tertiary alicyclic amines) is 1. The van der Waals surface area contributed by atoms with E-state index in [4.69, 9.17) is 16.1 Å². The standard InChI is InChI=1S/C19H15BrClN3O2/c20-14-6-4-12(5-7-14)11-24-16(8-9-17(24)25)19-22-18(23-26-19)13-2-1-3-15(21)10-13/h1-7,10,16H,8-9,11H2. The highest BCUT2D eigenvalue weighted by Gasteiger charge is 2.36. The molecule has 26 heavy (non-hydrogen) atoms. The van der Waals surface area contributed by atoms with Gasteiger partial charge < -0.3 is 9.42 Å². The summed E-state index contributed by atoms with van der Waals surface area (Å²) in [5.74, 6) is 1.04. The van der Waals surface area contributed by atoms with E-state index in [0.717, 1.165) is 15.6 Å². The zero-order valence-corrected chi connectivity index (χ0v) is 16.1. The van der Waals surface area contributed by atoms with E-state index in [1.165, 1.54) is 0 Å². The molecule has 1 aliphatic heterocycles. The number of halogens is 2. The lowest BCUT2D eigenvalue weighted by molar-refractivity contribution is -0.129. The number of aromatic nitrogens is 2. The van der Waals surface area contributed by atoms with E-state index in [2.05, 4.69) is 26.1 Å². The summed E-state index contributed by atoms with van der Waals surface area (Å²) in [6.45, 7) is 0.520. The molecule has 3 aromatic rings.